The monoisotopic (exact) mass is 394 g/mol. The van der Waals surface area contributed by atoms with E-state index in [1.807, 2.05) is 6.07 Å². The van der Waals surface area contributed by atoms with E-state index >= 15 is 0 Å². The molecule has 0 N–H and O–H groups in total. The number of fused-ring (bicyclic) bond motifs is 2. The van der Waals surface area contributed by atoms with Crippen LogP contribution in [0.4, 0.5) is 13.2 Å². The van der Waals surface area contributed by atoms with Gasteiger partial charge in [0, 0.05) is 35.9 Å². The van der Waals surface area contributed by atoms with Gasteiger partial charge in [0.2, 0.25) is 0 Å². The number of thioether (sulfide) groups is 1. The summed E-state index contributed by atoms with van der Waals surface area (Å²) < 4.78 is 41.7. The van der Waals surface area contributed by atoms with Gasteiger partial charge in [-0.3, -0.25) is 4.98 Å². The molecule has 0 bridgehead atoms. The minimum Gasteiger partial charge on any atom is -0.311 e. The summed E-state index contributed by atoms with van der Waals surface area (Å²) >= 11 is 3.23. The molecule has 0 atom stereocenters. The molecular weight excluding hydrogens is 381 g/mol. The number of pyridine rings is 2. The van der Waals surface area contributed by atoms with E-state index in [4.69, 9.17) is 0 Å². The van der Waals surface area contributed by atoms with E-state index in [1.54, 1.807) is 35.8 Å². The van der Waals surface area contributed by atoms with Crippen LogP contribution in [0, 0.1) is 0 Å². The summed E-state index contributed by atoms with van der Waals surface area (Å²) in [6.07, 6.45) is -0.0494. The van der Waals surface area contributed by atoms with Crippen molar-refractivity contribution >= 4 is 44.3 Å². The summed E-state index contributed by atoms with van der Waals surface area (Å²) in [6.45, 7) is 2.06. The minimum absolute atomic E-state index is 0.236. The fourth-order valence-electron chi connectivity index (χ4n) is 2.80. The number of aromatic nitrogens is 4. The van der Waals surface area contributed by atoms with Crippen LogP contribution in [0.15, 0.2) is 35.6 Å². The molecule has 0 amide bonds. The maximum absolute atomic E-state index is 13.0. The Labute approximate surface area is 155 Å². The highest BCUT2D eigenvalue weighted by atomic mass is 32.2. The number of imidazole rings is 1. The average molecular weight is 394 g/mol. The first kappa shape index (κ1) is 17.3. The predicted octanol–water partition coefficient (Wildman–Crippen LogP) is 5.38. The molecule has 0 aromatic carbocycles. The van der Waals surface area contributed by atoms with Gasteiger partial charge in [0.1, 0.15) is 5.52 Å². The van der Waals surface area contributed by atoms with Gasteiger partial charge in [0.25, 0.3) is 0 Å². The van der Waals surface area contributed by atoms with Crippen LogP contribution in [0.3, 0.4) is 0 Å². The van der Waals surface area contributed by atoms with Crippen molar-refractivity contribution < 1.29 is 13.2 Å². The molecule has 0 spiro atoms. The Morgan fingerprint density at radius 1 is 1.27 bits per heavy atom. The third-order valence-electron chi connectivity index (χ3n) is 3.98. The Morgan fingerprint density at radius 2 is 2.08 bits per heavy atom. The maximum atomic E-state index is 13.0. The fourth-order valence-corrected chi connectivity index (χ4v) is 5.10. The van der Waals surface area contributed by atoms with Crippen molar-refractivity contribution in [1.82, 2.24) is 19.5 Å². The number of thiophene rings is 1. The third-order valence-corrected chi connectivity index (χ3v) is 6.24. The summed E-state index contributed by atoms with van der Waals surface area (Å²) in [4.78, 5) is 14.6. The first-order valence-electron chi connectivity index (χ1n) is 7.79. The molecule has 4 aromatic rings. The Balaban J connectivity index is 1.96. The lowest BCUT2D eigenvalue weighted by molar-refractivity contribution is -0.137. The van der Waals surface area contributed by atoms with Crippen LogP contribution in [0.25, 0.3) is 32.0 Å². The van der Waals surface area contributed by atoms with Crippen molar-refractivity contribution in [2.75, 3.05) is 5.75 Å². The second-order valence-corrected chi connectivity index (χ2v) is 7.95. The van der Waals surface area contributed by atoms with Gasteiger partial charge in [0.05, 0.1) is 15.1 Å². The quantitative estimate of drug-likeness (QED) is 0.438. The molecule has 4 rings (SSSR count). The lowest BCUT2D eigenvalue weighted by Gasteiger charge is -2.05. The summed E-state index contributed by atoms with van der Waals surface area (Å²) in [5, 5.41) is 1.09. The van der Waals surface area contributed by atoms with Gasteiger partial charge in [0.15, 0.2) is 11.5 Å². The van der Waals surface area contributed by atoms with E-state index in [-0.39, 0.29) is 5.52 Å². The molecule has 4 heterocycles. The summed E-state index contributed by atoms with van der Waals surface area (Å²) in [5.74, 6) is 1.49. The second-order valence-electron chi connectivity index (χ2n) is 5.62. The minimum atomic E-state index is -4.44. The zero-order valence-electron chi connectivity index (χ0n) is 13.8. The Kier molecular flexibility index (Phi) is 4.15. The molecule has 0 unspecified atom stereocenters. The maximum Gasteiger partial charge on any atom is 0.417 e. The number of hydrogen-bond acceptors (Lipinski definition) is 5. The van der Waals surface area contributed by atoms with Crippen molar-refractivity contribution in [2.24, 2.45) is 7.05 Å². The number of alkyl halides is 3. The Morgan fingerprint density at radius 3 is 2.81 bits per heavy atom. The lowest BCUT2D eigenvalue weighted by atomic mass is 10.2. The number of aryl methyl sites for hydroxylation is 1. The van der Waals surface area contributed by atoms with Crippen molar-refractivity contribution in [1.29, 1.82) is 0 Å². The molecule has 0 saturated carbocycles. The van der Waals surface area contributed by atoms with Gasteiger partial charge in [-0.2, -0.15) is 13.2 Å². The van der Waals surface area contributed by atoms with Crippen molar-refractivity contribution in [2.45, 2.75) is 18.0 Å². The van der Waals surface area contributed by atoms with Crippen molar-refractivity contribution in [3.8, 4) is 10.7 Å². The molecule has 0 aliphatic carbocycles. The van der Waals surface area contributed by atoms with E-state index in [9.17, 15) is 13.2 Å². The van der Waals surface area contributed by atoms with Crippen molar-refractivity contribution in [3.63, 3.8) is 0 Å². The van der Waals surface area contributed by atoms with Crippen LogP contribution >= 0.6 is 23.1 Å². The largest absolute Gasteiger partial charge is 0.417 e. The summed E-state index contributed by atoms with van der Waals surface area (Å²) in [5.41, 5.74) is -0.130. The van der Waals surface area contributed by atoms with E-state index in [0.717, 1.165) is 37.9 Å². The topological polar surface area (TPSA) is 43.6 Å². The number of rotatable bonds is 3. The SMILES string of the molecule is CCSc1c(-c2nc3cc(C(F)(F)F)cnc3n2C)sc2cnccc12. The van der Waals surface area contributed by atoms with Crippen LogP contribution in [-0.2, 0) is 13.2 Å². The second kappa shape index (κ2) is 6.24. The molecule has 4 aromatic heterocycles. The van der Waals surface area contributed by atoms with E-state index in [2.05, 4.69) is 21.9 Å². The highest BCUT2D eigenvalue weighted by Crippen LogP contribution is 2.44. The van der Waals surface area contributed by atoms with Crippen molar-refractivity contribution in [3.05, 3.63) is 36.3 Å². The Hall–Kier alpha value is -2.13. The summed E-state index contributed by atoms with van der Waals surface area (Å²) in [7, 11) is 1.77. The smallest absolute Gasteiger partial charge is 0.311 e. The van der Waals surface area contributed by atoms with Crippen LogP contribution in [-0.4, -0.2) is 25.3 Å². The van der Waals surface area contributed by atoms with E-state index in [1.165, 1.54) is 11.3 Å². The van der Waals surface area contributed by atoms with Gasteiger partial charge in [-0.1, -0.05) is 6.92 Å². The molecule has 0 saturated heterocycles. The lowest BCUT2D eigenvalue weighted by Crippen LogP contribution is -2.05. The van der Waals surface area contributed by atoms with Gasteiger partial charge in [-0.05, 0) is 17.9 Å². The van der Waals surface area contributed by atoms with E-state index < -0.39 is 11.7 Å². The van der Waals surface area contributed by atoms with E-state index in [0.29, 0.717) is 11.5 Å². The zero-order valence-corrected chi connectivity index (χ0v) is 15.5. The third kappa shape index (κ3) is 2.75. The number of hydrogen-bond donors (Lipinski definition) is 0. The molecule has 26 heavy (non-hydrogen) atoms. The zero-order chi connectivity index (χ0) is 18.5. The van der Waals surface area contributed by atoms with Gasteiger partial charge in [-0.15, -0.1) is 23.1 Å². The first-order chi connectivity index (χ1) is 12.4. The standard InChI is InChI=1S/C17H13F3N4S2/c1-3-25-13-10-4-5-21-8-12(10)26-14(13)16-23-11-6-9(17(18,19)20)7-22-15(11)24(16)2/h4-8H,3H2,1-2H3. The number of halogens is 3. The molecule has 0 aliphatic rings. The van der Waals surface area contributed by atoms with Crippen LogP contribution in [0.1, 0.15) is 12.5 Å². The van der Waals surface area contributed by atoms with Crippen LogP contribution < -0.4 is 0 Å². The van der Waals surface area contributed by atoms with Crippen LogP contribution in [0.5, 0.6) is 0 Å². The predicted molar refractivity (Wildman–Crippen MR) is 98.5 cm³/mol. The Bertz CT molecular complexity index is 1110. The highest BCUT2D eigenvalue weighted by molar-refractivity contribution is 7.99. The molecule has 134 valence electrons. The molecule has 0 radical (unpaired) electrons. The highest BCUT2D eigenvalue weighted by Gasteiger charge is 2.32. The molecule has 4 nitrogen and oxygen atoms in total. The summed E-state index contributed by atoms with van der Waals surface area (Å²) in [6, 6.07) is 3.00. The van der Waals surface area contributed by atoms with Gasteiger partial charge < -0.3 is 4.57 Å². The molecule has 9 heteroatoms. The molecule has 0 aliphatic heterocycles. The number of nitrogens with zero attached hydrogens (tertiary/aromatic N) is 4. The van der Waals surface area contributed by atoms with Gasteiger partial charge >= 0.3 is 6.18 Å². The van der Waals surface area contributed by atoms with Crippen LogP contribution in [0.2, 0.25) is 0 Å². The fraction of sp³-hybridized carbons (Fsp3) is 0.235. The normalized spacial score (nSPS) is 12.3. The molecule has 0 fully saturated rings. The first-order valence-corrected chi connectivity index (χ1v) is 9.59. The molecular formula is C17H13F3N4S2. The van der Waals surface area contributed by atoms with Gasteiger partial charge in [-0.25, -0.2) is 9.97 Å². The average Bonchev–Trinajstić information content (AvgIpc) is 3.13.